The van der Waals surface area contributed by atoms with Crippen molar-refractivity contribution < 1.29 is 8.42 Å². The van der Waals surface area contributed by atoms with Gasteiger partial charge in [-0.25, -0.2) is 13.4 Å². The van der Waals surface area contributed by atoms with Gasteiger partial charge in [0.2, 0.25) is 0 Å². The molecule has 0 bridgehead atoms. The Labute approximate surface area is 157 Å². The van der Waals surface area contributed by atoms with E-state index in [1.807, 2.05) is 37.3 Å². The SMILES string of the molecule is Cc1ccc(S(=O)(=O)Nc2c(-c3cccnc3)nc3ccccn23)c(C)c1. The molecule has 1 N–H and O–H groups in total. The van der Waals surface area contributed by atoms with Gasteiger partial charge in [0.05, 0.1) is 4.90 Å². The van der Waals surface area contributed by atoms with Crippen molar-refractivity contribution in [1.82, 2.24) is 14.4 Å². The molecule has 4 aromatic rings. The van der Waals surface area contributed by atoms with Crippen LogP contribution in [-0.2, 0) is 10.0 Å². The number of pyridine rings is 2. The number of nitrogens with zero attached hydrogens (tertiary/aromatic N) is 3. The van der Waals surface area contributed by atoms with Crippen molar-refractivity contribution in [2.45, 2.75) is 18.7 Å². The number of rotatable bonds is 4. The minimum absolute atomic E-state index is 0.246. The van der Waals surface area contributed by atoms with Gasteiger partial charge in [-0.2, -0.15) is 0 Å². The average molecular weight is 378 g/mol. The van der Waals surface area contributed by atoms with E-state index in [9.17, 15) is 8.42 Å². The molecule has 7 heteroatoms. The number of hydrogen-bond acceptors (Lipinski definition) is 4. The highest BCUT2D eigenvalue weighted by molar-refractivity contribution is 7.92. The number of anilines is 1. The largest absolute Gasteiger partial charge is 0.285 e. The van der Waals surface area contributed by atoms with E-state index in [1.54, 1.807) is 48.1 Å². The molecule has 0 atom stereocenters. The third-order valence-corrected chi connectivity index (χ3v) is 5.82. The second kappa shape index (κ2) is 6.51. The number of hydrogen-bond donors (Lipinski definition) is 1. The summed E-state index contributed by atoms with van der Waals surface area (Å²) in [6, 6.07) is 14.4. The van der Waals surface area contributed by atoms with Crippen LogP contribution < -0.4 is 4.72 Å². The quantitative estimate of drug-likeness (QED) is 0.586. The first kappa shape index (κ1) is 17.2. The fourth-order valence-electron chi connectivity index (χ4n) is 3.08. The molecular weight excluding hydrogens is 360 g/mol. The van der Waals surface area contributed by atoms with Crippen LogP contribution in [0.5, 0.6) is 0 Å². The molecule has 4 rings (SSSR count). The number of aryl methyl sites for hydroxylation is 2. The normalized spacial score (nSPS) is 11.6. The molecule has 3 heterocycles. The van der Waals surface area contributed by atoms with Gasteiger partial charge in [0.1, 0.15) is 11.3 Å². The lowest BCUT2D eigenvalue weighted by atomic mass is 10.2. The van der Waals surface area contributed by atoms with Gasteiger partial charge < -0.3 is 0 Å². The van der Waals surface area contributed by atoms with E-state index >= 15 is 0 Å². The maximum Gasteiger partial charge on any atom is 0.263 e. The molecule has 6 nitrogen and oxygen atoms in total. The van der Waals surface area contributed by atoms with E-state index in [0.717, 1.165) is 11.1 Å². The molecule has 136 valence electrons. The first-order valence-electron chi connectivity index (χ1n) is 8.43. The second-order valence-electron chi connectivity index (χ2n) is 6.35. The van der Waals surface area contributed by atoms with Crippen LogP contribution in [0.15, 0.2) is 72.0 Å². The lowest BCUT2D eigenvalue weighted by Crippen LogP contribution is -2.16. The smallest absolute Gasteiger partial charge is 0.263 e. The number of fused-ring (bicyclic) bond motifs is 1. The van der Waals surface area contributed by atoms with Crippen LogP contribution in [-0.4, -0.2) is 22.8 Å². The molecule has 0 saturated carbocycles. The van der Waals surface area contributed by atoms with Gasteiger partial charge in [0.25, 0.3) is 10.0 Å². The molecule has 0 aliphatic carbocycles. The van der Waals surface area contributed by atoms with E-state index in [4.69, 9.17) is 0 Å². The van der Waals surface area contributed by atoms with E-state index in [2.05, 4.69) is 14.7 Å². The molecule has 0 aliphatic heterocycles. The van der Waals surface area contributed by atoms with Gasteiger partial charge in [-0.1, -0.05) is 23.8 Å². The van der Waals surface area contributed by atoms with Crippen molar-refractivity contribution in [1.29, 1.82) is 0 Å². The first-order chi connectivity index (χ1) is 13.0. The lowest BCUT2D eigenvalue weighted by Gasteiger charge is -2.12. The molecule has 0 spiro atoms. The summed E-state index contributed by atoms with van der Waals surface area (Å²) >= 11 is 0. The Bertz CT molecular complexity index is 1230. The number of imidazole rings is 1. The van der Waals surface area contributed by atoms with Crippen molar-refractivity contribution in [3.63, 3.8) is 0 Å². The predicted octanol–water partition coefficient (Wildman–Crippen LogP) is 3.81. The fourth-order valence-corrected chi connectivity index (χ4v) is 4.37. The van der Waals surface area contributed by atoms with Crippen molar-refractivity contribution >= 4 is 21.5 Å². The standard InChI is InChI=1S/C20H18N4O2S/c1-14-8-9-17(15(2)12-14)27(25,26)23-20-19(16-6-5-10-21-13-16)22-18-7-3-4-11-24(18)20/h3-13,23H,1-2H3. The molecule has 0 aliphatic rings. The van der Waals surface area contributed by atoms with Crippen molar-refractivity contribution in [3.8, 4) is 11.3 Å². The van der Waals surface area contributed by atoms with Crippen molar-refractivity contribution in [2.75, 3.05) is 4.72 Å². The van der Waals surface area contributed by atoms with E-state index < -0.39 is 10.0 Å². The van der Waals surface area contributed by atoms with Crippen LogP contribution in [0.3, 0.4) is 0 Å². The molecule has 27 heavy (non-hydrogen) atoms. The zero-order valence-electron chi connectivity index (χ0n) is 14.9. The second-order valence-corrected chi connectivity index (χ2v) is 8.00. The van der Waals surface area contributed by atoms with Crippen molar-refractivity contribution in [2.24, 2.45) is 0 Å². The van der Waals surface area contributed by atoms with Gasteiger partial charge in [-0.3, -0.25) is 14.1 Å². The minimum Gasteiger partial charge on any atom is -0.285 e. The number of aromatic nitrogens is 3. The van der Waals surface area contributed by atoms with E-state index in [0.29, 0.717) is 22.7 Å². The highest BCUT2D eigenvalue weighted by Gasteiger charge is 2.22. The number of sulfonamides is 1. The zero-order valence-corrected chi connectivity index (χ0v) is 15.7. The highest BCUT2D eigenvalue weighted by Crippen LogP contribution is 2.30. The summed E-state index contributed by atoms with van der Waals surface area (Å²) < 4.78 is 30.6. The van der Waals surface area contributed by atoms with Crippen LogP contribution in [0.4, 0.5) is 5.82 Å². The summed E-state index contributed by atoms with van der Waals surface area (Å²) in [6.07, 6.45) is 5.11. The predicted molar refractivity (Wildman–Crippen MR) is 105 cm³/mol. The number of nitrogens with one attached hydrogen (secondary N) is 1. The maximum atomic E-state index is 13.1. The average Bonchev–Trinajstić information content (AvgIpc) is 3.00. The molecule has 0 fully saturated rings. The summed E-state index contributed by atoms with van der Waals surface area (Å²) in [4.78, 5) is 8.96. The Morgan fingerprint density at radius 3 is 2.63 bits per heavy atom. The van der Waals surface area contributed by atoms with Crippen LogP contribution in [0, 0.1) is 13.8 Å². The lowest BCUT2D eigenvalue weighted by molar-refractivity contribution is 0.600. The van der Waals surface area contributed by atoms with Crippen LogP contribution in [0.2, 0.25) is 0 Å². The summed E-state index contributed by atoms with van der Waals surface area (Å²) in [6.45, 7) is 3.72. The maximum absolute atomic E-state index is 13.1. The third-order valence-electron chi connectivity index (χ3n) is 4.32. The third kappa shape index (κ3) is 3.17. The van der Waals surface area contributed by atoms with Crippen LogP contribution >= 0.6 is 0 Å². The highest BCUT2D eigenvalue weighted by atomic mass is 32.2. The number of benzene rings is 1. The topological polar surface area (TPSA) is 76.4 Å². The molecule has 1 aromatic carbocycles. The minimum atomic E-state index is -3.78. The molecule has 0 saturated heterocycles. The summed E-state index contributed by atoms with van der Waals surface area (Å²) in [5.74, 6) is 0.388. The summed E-state index contributed by atoms with van der Waals surface area (Å²) in [7, 11) is -3.78. The summed E-state index contributed by atoms with van der Waals surface area (Å²) in [5, 5.41) is 0. The molecule has 0 unspecified atom stereocenters. The molecule has 3 aromatic heterocycles. The first-order valence-corrected chi connectivity index (χ1v) is 9.91. The molecular formula is C20H18N4O2S. The van der Waals surface area contributed by atoms with Gasteiger partial charge in [0.15, 0.2) is 5.82 Å². The Morgan fingerprint density at radius 2 is 1.89 bits per heavy atom. The Kier molecular flexibility index (Phi) is 4.16. The van der Waals surface area contributed by atoms with Gasteiger partial charge in [-0.15, -0.1) is 0 Å². The zero-order chi connectivity index (χ0) is 19.0. The molecule has 0 amide bonds. The Balaban J connectivity index is 1.88. The van der Waals surface area contributed by atoms with Crippen LogP contribution in [0.25, 0.3) is 16.9 Å². The summed E-state index contributed by atoms with van der Waals surface area (Å²) in [5.41, 5.74) is 3.62. The Morgan fingerprint density at radius 1 is 1.04 bits per heavy atom. The van der Waals surface area contributed by atoms with E-state index in [1.165, 1.54) is 0 Å². The van der Waals surface area contributed by atoms with Gasteiger partial charge in [-0.05, 0) is 49.7 Å². The molecule has 0 radical (unpaired) electrons. The van der Waals surface area contributed by atoms with Gasteiger partial charge >= 0.3 is 0 Å². The monoisotopic (exact) mass is 378 g/mol. The van der Waals surface area contributed by atoms with Gasteiger partial charge in [0, 0.05) is 24.2 Å². The Hall–Kier alpha value is -3.19. The van der Waals surface area contributed by atoms with E-state index in [-0.39, 0.29) is 4.90 Å². The fraction of sp³-hybridized carbons (Fsp3) is 0.100. The van der Waals surface area contributed by atoms with Crippen LogP contribution in [0.1, 0.15) is 11.1 Å². The van der Waals surface area contributed by atoms with Crippen molar-refractivity contribution in [3.05, 3.63) is 78.2 Å².